The molecule has 74 valence electrons. The Hall–Kier alpha value is 0.0400. The van der Waals surface area contributed by atoms with Crippen molar-refractivity contribution in [3.05, 3.63) is 44.5 Å². The largest absolute Gasteiger partial charge is 0.472 e. The molecule has 2 rings (SSSR count). The van der Waals surface area contributed by atoms with E-state index in [-0.39, 0.29) is 4.83 Å². The summed E-state index contributed by atoms with van der Waals surface area (Å²) in [6, 6.07) is 3.75. The third kappa shape index (κ3) is 2.01. The zero-order valence-corrected chi connectivity index (χ0v) is 10.8. The monoisotopic (exact) mass is 310 g/mol. The standard InChI is InChI=1S/C9H5BrCl2OS/c10-8(5-1-2-13-4-5)6-3-7(11)14-9(6)12/h1-4,8H. The highest BCUT2D eigenvalue weighted by Gasteiger charge is 2.17. The first-order chi connectivity index (χ1) is 6.68. The highest BCUT2D eigenvalue weighted by atomic mass is 79.9. The van der Waals surface area contributed by atoms with Crippen molar-refractivity contribution in [2.24, 2.45) is 0 Å². The van der Waals surface area contributed by atoms with Crippen molar-refractivity contribution >= 4 is 50.5 Å². The number of halogens is 3. The quantitative estimate of drug-likeness (QED) is 0.701. The van der Waals surface area contributed by atoms with E-state index < -0.39 is 0 Å². The van der Waals surface area contributed by atoms with Crippen LogP contribution >= 0.6 is 50.5 Å². The molecule has 14 heavy (non-hydrogen) atoms. The summed E-state index contributed by atoms with van der Waals surface area (Å²) < 4.78 is 6.40. The van der Waals surface area contributed by atoms with Crippen LogP contribution in [0.2, 0.25) is 8.67 Å². The summed E-state index contributed by atoms with van der Waals surface area (Å²) in [5, 5.41) is 0. The van der Waals surface area contributed by atoms with Gasteiger partial charge in [0.05, 0.1) is 26.0 Å². The van der Waals surface area contributed by atoms with Crippen LogP contribution in [-0.4, -0.2) is 0 Å². The molecule has 0 aliphatic carbocycles. The second kappa shape index (κ2) is 4.27. The molecule has 0 amide bonds. The van der Waals surface area contributed by atoms with Crippen LogP contribution in [0, 0.1) is 0 Å². The van der Waals surface area contributed by atoms with Gasteiger partial charge < -0.3 is 4.42 Å². The zero-order chi connectivity index (χ0) is 10.1. The lowest BCUT2D eigenvalue weighted by atomic mass is 10.1. The normalized spacial score (nSPS) is 13.1. The average molecular weight is 312 g/mol. The minimum atomic E-state index is 0.0394. The lowest BCUT2D eigenvalue weighted by Gasteiger charge is -2.04. The van der Waals surface area contributed by atoms with Crippen LogP contribution < -0.4 is 0 Å². The van der Waals surface area contributed by atoms with Crippen molar-refractivity contribution in [1.82, 2.24) is 0 Å². The van der Waals surface area contributed by atoms with Gasteiger partial charge in [-0.2, -0.15) is 0 Å². The van der Waals surface area contributed by atoms with Crippen molar-refractivity contribution in [2.75, 3.05) is 0 Å². The fraction of sp³-hybridized carbons (Fsp3) is 0.111. The number of alkyl halides is 1. The first-order valence-corrected chi connectivity index (χ1v) is 6.28. The SMILES string of the molecule is Clc1cc(C(Br)c2ccoc2)c(Cl)s1. The molecule has 1 nitrogen and oxygen atoms in total. The molecule has 5 heteroatoms. The van der Waals surface area contributed by atoms with Gasteiger partial charge in [-0.15, -0.1) is 11.3 Å². The summed E-state index contributed by atoms with van der Waals surface area (Å²) in [6.45, 7) is 0. The second-order valence-corrected chi connectivity index (χ2v) is 5.90. The summed E-state index contributed by atoms with van der Waals surface area (Å²) in [7, 11) is 0. The molecule has 2 heterocycles. The Morgan fingerprint density at radius 3 is 2.71 bits per heavy atom. The number of rotatable bonds is 2. The lowest BCUT2D eigenvalue weighted by molar-refractivity contribution is 0.564. The molecule has 0 saturated heterocycles. The molecular weight excluding hydrogens is 307 g/mol. The molecule has 1 atom stereocenters. The van der Waals surface area contributed by atoms with Crippen molar-refractivity contribution in [2.45, 2.75) is 4.83 Å². The predicted octanol–water partition coefficient (Wildman–Crippen LogP) is 5.13. The zero-order valence-electron chi connectivity index (χ0n) is 6.84. The van der Waals surface area contributed by atoms with Crippen LogP contribution in [0.1, 0.15) is 16.0 Å². The van der Waals surface area contributed by atoms with Gasteiger partial charge in [0.2, 0.25) is 0 Å². The van der Waals surface area contributed by atoms with Gasteiger partial charge in [-0.25, -0.2) is 0 Å². The van der Waals surface area contributed by atoms with E-state index in [2.05, 4.69) is 15.9 Å². The van der Waals surface area contributed by atoms with E-state index in [0.717, 1.165) is 11.1 Å². The van der Waals surface area contributed by atoms with Gasteiger partial charge in [-0.3, -0.25) is 0 Å². The summed E-state index contributed by atoms with van der Waals surface area (Å²) in [6.07, 6.45) is 3.31. The third-order valence-electron chi connectivity index (χ3n) is 1.79. The lowest BCUT2D eigenvalue weighted by Crippen LogP contribution is -1.87. The summed E-state index contributed by atoms with van der Waals surface area (Å²) in [5.41, 5.74) is 2.00. The molecule has 0 spiro atoms. The molecule has 0 saturated carbocycles. The van der Waals surface area contributed by atoms with E-state index in [4.69, 9.17) is 27.6 Å². The van der Waals surface area contributed by atoms with Crippen LogP contribution in [0.3, 0.4) is 0 Å². The van der Waals surface area contributed by atoms with E-state index in [9.17, 15) is 0 Å². The highest BCUT2D eigenvalue weighted by Crippen LogP contribution is 2.41. The average Bonchev–Trinajstić information content (AvgIpc) is 2.73. The number of thiophene rings is 1. The molecular formula is C9H5BrCl2OS. The Labute approximate surface area is 104 Å². The second-order valence-electron chi connectivity index (χ2n) is 2.70. The van der Waals surface area contributed by atoms with Crippen LogP contribution in [0.25, 0.3) is 0 Å². The molecule has 2 aromatic rings. The molecule has 2 aromatic heterocycles. The molecule has 0 N–H and O–H groups in total. The Kier molecular flexibility index (Phi) is 3.22. The van der Waals surface area contributed by atoms with Crippen LogP contribution in [0.5, 0.6) is 0 Å². The Balaban J connectivity index is 2.36. The van der Waals surface area contributed by atoms with E-state index in [1.54, 1.807) is 12.5 Å². The van der Waals surface area contributed by atoms with E-state index in [1.807, 2.05) is 12.1 Å². The Morgan fingerprint density at radius 2 is 2.21 bits per heavy atom. The first kappa shape index (κ1) is 10.6. The number of furan rings is 1. The van der Waals surface area contributed by atoms with E-state index in [1.165, 1.54) is 11.3 Å². The van der Waals surface area contributed by atoms with Gasteiger partial charge in [-0.1, -0.05) is 39.1 Å². The maximum absolute atomic E-state index is 6.03. The fourth-order valence-electron chi connectivity index (χ4n) is 1.12. The number of hydrogen-bond acceptors (Lipinski definition) is 2. The van der Waals surface area contributed by atoms with E-state index in [0.29, 0.717) is 8.67 Å². The van der Waals surface area contributed by atoms with Crippen molar-refractivity contribution in [3.63, 3.8) is 0 Å². The maximum Gasteiger partial charge on any atom is 0.0990 e. The number of hydrogen-bond donors (Lipinski definition) is 0. The summed E-state index contributed by atoms with van der Waals surface area (Å²) in [5.74, 6) is 0. The Morgan fingerprint density at radius 1 is 1.43 bits per heavy atom. The third-order valence-corrected chi connectivity index (χ3v) is 4.33. The van der Waals surface area contributed by atoms with Crippen LogP contribution in [-0.2, 0) is 0 Å². The molecule has 0 bridgehead atoms. The van der Waals surface area contributed by atoms with Crippen LogP contribution in [0.15, 0.2) is 29.1 Å². The van der Waals surface area contributed by atoms with Gasteiger partial charge in [0.15, 0.2) is 0 Å². The van der Waals surface area contributed by atoms with Gasteiger partial charge in [0.1, 0.15) is 0 Å². The molecule has 0 aromatic carbocycles. The molecule has 0 aliphatic heterocycles. The van der Waals surface area contributed by atoms with E-state index >= 15 is 0 Å². The topological polar surface area (TPSA) is 13.1 Å². The van der Waals surface area contributed by atoms with Gasteiger partial charge >= 0.3 is 0 Å². The molecule has 1 unspecified atom stereocenters. The molecule has 0 aliphatic rings. The summed E-state index contributed by atoms with van der Waals surface area (Å²) >= 11 is 16.8. The van der Waals surface area contributed by atoms with Gasteiger partial charge in [0.25, 0.3) is 0 Å². The predicted molar refractivity (Wildman–Crippen MR) is 63.8 cm³/mol. The fourth-order valence-corrected chi connectivity index (χ4v) is 3.56. The van der Waals surface area contributed by atoms with Crippen molar-refractivity contribution in [3.8, 4) is 0 Å². The maximum atomic E-state index is 6.03. The van der Waals surface area contributed by atoms with Crippen molar-refractivity contribution in [1.29, 1.82) is 0 Å². The highest BCUT2D eigenvalue weighted by molar-refractivity contribution is 9.09. The molecule has 0 radical (unpaired) electrons. The molecule has 0 fully saturated rings. The smallest absolute Gasteiger partial charge is 0.0990 e. The Bertz CT molecular complexity index is 424. The van der Waals surface area contributed by atoms with Gasteiger partial charge in [-0.05, 0) is 12.1 Å². The minimum absolute atomic E-state index is 0.0394. The van der Waals surface area contributed by atoms with Crippen LogP contribution in [0.4, 0.5) is 0 Å². The van der Waals surface area contributed by atoms with Crippen molar-refractivity contribution < 1.29 is 4.42 Å². The summed E-state index contributed by atoms with van der Waals surface area (Å²) in [4.78, 5) is 0.0394. The van der Waals surface area contributed by atoms with Gasteiger partial charge in [0, 0.05) is 11.1 Å². The minimum Gasteiger partial charge on any atom is -0.472 e. The first-order valence-electron chi connectivity index (χ1n) is 3.79.